The fourth-order valence-electron chi connectivity index (χ4n) is 0.716. The molecule has 13 heavy (non-hydrogen) atoms. The van der Waals surface area contributed by atoms with Crippen molar-refractivity contribution in [2.75, 3.05) is 0 Å². The fourth-order valence-corrected chi connectivity index (χ4v) is 0.716. The highest BCUT2D eigenvalue weighted by molar-refractivity contribution is 5.32. The number of alkyl halides is 3. The van der Waals surface area contributed by atoms with Crippen LogP contribution < -0.4 is 5.73 Å². The van der Waals surface area contributed by atoms with Crippen LogP contribution in [0.15, 0.2) is 35.6 Å². The lowest BCUT2D eigenvalue weighted by atomic mass is 10.1. The maximum absolute atomic E-state index is 12.2. The largest absolute Gasteiger partial charge is 0.416 e. The van der Waals surface area contributed by atoms with Gasteiger partial charge in [-0.05, 0) is 19.9 Å². The molecule has 0 bridgehead atoms. The van der Waals surface area contributed by atoms with Crippen LogP contribution in [0.3, 0.4) is 0 Å². The van der Waals surface area contributed by atoms with E-state index in [0.717, 1.165) is 12.2 Å². The van der Waals surface area contributed by atoms with Crippen molar-refractivity contribution in [3.05, 3.63) is 35.6 Å². The van der Waals surface area contributed by atoms with E-state index in [9.17, 15) is 13.2 Å². The number of allylic oxidation sites excluding steroid dienone is 4. The van der Waals surface area contributed by atoms with Gasteiger partial charge in [0.25, 0.3) is 0 Å². The van der Waals surface area contributed by atoms with E-state index < -0.39 is 11.7 Å². The molecule has 0 saturated carbocycles. The summed E-state index contributed by atoms with van der Waals surface area (Å²) < 4.78 is 36.7. The molecule has 0 aliphatic rings. The van der Waals surface area contributed by atoms with Crippen molar-refractivity contribution < 1.29 is 13.2 Å². The van der Waals surface area contributed by atoms with Crippen molar-refractivity contribution in [1.29, 1.82) is 0 Å². The molecule has 0 aromatic carbocycles. The van der Waals surface area contributed by atoms with E-state index in [1.165, 1.54) is 0 Å². The summed E-state index contributed by atoms with van der Waals surface area (Å²) in [6.07, 6.45) is -2.54. The first-order chi connectivity index (χ1) is 5.73. The van der Waals surface area contributed by atoms with Crippen molar-refractivity contribution >= 4 is 0 Å². The first-order valence-corrected chi connectivity index (χ1v) is 3.61. The summed E-state index contributed by atoms with van der Waals surface area (Å²) in [5.74, 6) is 0. The molecular weight excluding hydrogens is 179 g/mol. The average molecular weight is 191 g/mol. The molecule has 0 radical (unpaired) electrons. The van der Waals surface area contributed by atoms with Gasteiger partial charge < -0.3 is 5.73 Å². The number of halogens is 3. The molecule has 0 saturated heterocycles. The van der Waals surface area contributed by atoms with E-state index in [4.69, 9.17) is 5.73 Å². The third-order valence-corrected chi connectivity index (χ3v) is 1.11. The van der Waals surface area contributed by atoms with Crippen LogP contribution in [0.4, 0.5) is 13.2 Å². The van der Waals surface area contributed by atoms with Gasteiger partial charge in [0.15, 0.2) is 0 Å². The molecule has 74 valence electrons. The third kappa shape index (κ3) is 5.11. The quantitative estimate of drug-likeness (QED) is 0.667. The van der Waals surface area contributed by atoms with Crippen LogP contribution in [0, 0.1) is 0 Å². The first-order valence-electron chi connectivity index (χ1n) is 3.61. The Morgan fingerprint density at radius 1 is 1.23 bits per heavy atom. The Bertz CT molecular complexity index is 255. The average Bonchev–Trinajstić information content (AvgIpc) is 1.81. The van der Waals surface area contributed by atoms with Crippen LogP contribution in [0.1, 0.15) is 13.8 Å². The van der Waals surface area contributed by atoms with Crippen LogP contribution in [0.25, 0.3) is 0 Å². The summed E-state index contributed by atoms with van der Waals surface area (Å²) in [5, 5.41) is 0. The van der Waals surface area contributed by atoms with Gasteiger partial charge in [-0.15, -0.1) is 0 Å². The van der Waals surface area contributed by atoms with Gasteiger partial charge >= 0.3 is 6.18 Å². The summed E-state index contributed by atoms with van der Waals surface area (Å²) in [6.45, 7) is 6.35. The summed E-state index contributed by atoms with van der Waals surface area (Å²) in [4.78, 5) is 0. The minimum atomic E-state index is -4.38. The SMILES string of the molecule is C=C(N)/C=C(\C=C(C)C)C(F)(F)F. The second-order valence-corrected chi connectivity index (χ2v) is 2.89. The topological polar surface area (TPSA) is 26.0 Å². The summed E-state index contributed by atoms with van der Waals surface area (Å²) in [6, 6.07) is 0. The van der Waals surface area contributed by atoms with Crippen LogP contribution >= 0.6 is 0 Å². The molecular formula is C9H12F3N. The van der Waals surface area contributed by atoms with Gasteiger partial charge in [-0.2, -0.15) is 13.2 Å². The summed E-state index contributed by atoms with van der Waals surface area (Å²) in [5.41, 5.74) is 4.74. The molecule has 0 heterocycles. The van der Waals surface area contributed by atoms with Gasteiger partial charge in [0.05, 0.1) is 5.57 Å². The first kappa shape index (κ1) is 11.8. The smallest absolute Gasteiger partial charge is 0.399 e. The van der Waals surface area contributed by atoms with Crippen LogP contribution in [0.2, 0.25) is 0 Å². The lowest BCUT2D eigenvalue weighted by Gasteiger charge is -2.08. The van der Waals surface area contributed by atoms with Gasteiger partial charge in [0.1, 0.15) is 0 Å². The maximum Gasteiger partial charge on any atom is 0.416 e. The van der Waals surface area contributed by atoms with E-state index in [1.54, 1.807) is 13.8 Å². The molecule has 0 aliphatic heterocycles. The minimum absolute atomic E-state index is 0.107. The molecule has 2 N–H and O–H groups in total. The summed E-state index contributed by atoms with van der Waals surface area (Å²) in [7, 11) is 0. The standard InChI is InChI=1S/C9H12F3N/c1-6(2)4-8(5-7(3)13)9(10,11)12/h4-5H,3,13H2,1-2H3/b8-5+. The Morgan fingerprint density at radius 3 is 1.92 bits per heavy atom. The van der Waals surface area contributed by atoms with E-state index in [-0.39, 0.29) is 5.70 Å². The molecule has 0 aromatic heterocycles. The zero-order valence-electron chi connectivity index (χ0n) is 7.57. The molecule has 0 fully saturated rings. The Hall–Kier alpha value is -1.19. The molecule has 0 atom stereocenters. The lowest BCUT2D eigenvalue weighted by Crippen LogP contribution is -2.11. The second-order valence-electron chi connectivity index (χ2n) is 2.89. The summed E-state index contributed by atoms with van der Waals surface area (Å²) >= 11 is 0. The second kappa shape index (κ2) is 4.16. The Kier molecular flexibility index (Phi) is 3.78. The molecule has 1 nitrogen and oxygen atoms in total. The van der Waals surface area contributed by atoms with Gasteiger partial charge in [0, 0.05) is 5.70 Å². The number of hydrogen-bond acceptors (Lipinski definition) is 1. The predicted octanol–water partition coefficient (Wildman–Crippen LogP) is 2.91. The van der Waals surface area contributed by atoms with Gasteiger partial charge in [-0.25, -0.2) is 0 Å². The van der Waals surface area contributed by atoms with Crippen LogP contribution in [-0.2, 0) is 0 Å². The van der Waals surface area contributed by atoms with E-state index >= 15 is 0 Å². The third-order valence-electron chi connectivity index (χ3n) is 1.11. The predicted molar refractivity (Wildman–Crippen MR) is 46.9 cm³/mol. The zero-order chi connectivity index (χ0) is 10.6. The van der Waals surface area contributed by atoms with Crippen molar-refractivity contribution in [3.63, 3.8) is 0 Å². The number of hydrogen-bond donors (Lipinski definition) is 1. The molecule has 0 spiro atoms. The monoisotopic (exact) mass is 191 g/mol. The molecule has 0 aliphatic carbocycles. The Balaban J connectivity index is 5.00. The van der Waals surface area contributed by atoms with Crippen molar-refractivity contribution in [2.45, 2.75) is 20.0 Å². The van der Waals surface area contributed by atoms with Crippen molar-refractivity contribution in [3.8, 4) is 0 Å². The fraction of sp³-hybridized carbons (Fsp3) is 0.333. The van der Waals surface area contributed by atoms with E-state index in [1.807, 2.05) is 0 Å². The lowest BCUT2D eigenvalue weighted by molar-refractivity contribution is -0.0883. The molecule has 0 rings (SSSR count). The molecule has 0 aromatic rings. The van der Waals surface area contributed by atoms with Crippen molar-refractivity contribution in [1.82, 2.24) is 0 Å². The number of nitrogens with two attached hydrogens (primary N) is 1. The zero-order valence-corrected chi connectivity index (χ0v) is 7.57. The van der Waals surface area contributed by atoms with Crippen molar-refractivity contribution in [2.24, 2.45) is 5.73 Å². The van der Waals surface area contributed by atoms with Gasteiger partial charge in [0.2, 0.25) is 0 Å². The molecule has 0 amide bonds. The van der Waals surface area contributed by atoms with Crippen LogP contribution in [0.5, 0.6) is 0 Å². The molecule has 4 heteroatoms. The highest BCUT2D eigenvalue weighted by atomic mass is 19.4. The van der Waals surface area contributed by atoms with E-state index in [2.05, 4.69) is 6.58 Å². The molecule has 0 unspecified atom stereocenters. The van der Waals surface area contributed by atoms with Gasteiger partial charge in [-0.1, -0.05) is 18.2 Å². The highest BCUT2D eigenvalue weighted by Gasteiger charge is 2.31. The maximum atomic E-state index is 12.2. The van der Waals surface area contributed by atoms with Crippen LogP contribution in [-0.4, -0.2) is 6.18 Å². The number of rotatable bonds is 2. The normalized spacial score (nSPS) is 12.5. The highest BCUT2D eigenvalue weighted by Crippen LogP contribution is 2.27. The van der Waals surface area contributed by atoms with E-state index in [0.29, 0.717) is 5.57 Å². The minimum Gasteiger partial charge on any atom is -0.399 e. The Morgan fingerprint density at radius 2 is 1.69 bits per heavy atom. The van der Waals surface area contributed by atoms with Gasteiger partial charge in [-0.3, -0.25) is 0 Å². The Labute approximate surface area is 75.4 Å².